The summed E-state index contributed by atoms with van der Waals surface area (Å²) < 4.78 is 19.5. The van der Waals surface area contributed by atoms with Crippen molar-refractivity contribution in [3.8, 4) is 0 Å². The fraction of sp³-hybridized carbons (Fsp3) is 0.308. The number of benzene rings is 2. The van der Waals surface area contributed by atoms with Gasteiger partial charge in [0, 0.05) is 41.8 Å². The van der Waals surface area contributed by atoms with E-state index in [2.05, 4.69) is 21.2 Å². The van der Waals surface area contributed by atoms with Gasteiger partial charge in [-0.15, -0.1) is 11.3 Å². The molecule has 6 nitrogen and oxygen atoms in total. The van der Waals surface area contributed by atoms with E-state index in [4.69, 9.17) is 4.74 Å². The number of hydrogen-bond donors (Lipinski definition) is 1. The predicted molar refractivity (Wildman–Crippen MR) is 141 cm³/mol. The number of nitrogens with zero attached hydrogens (tertiary/aromatic N) is 2. The van der Waals surface area contributed by atoms with Crippen LogP contribution in [-0.4, -0.2) is 48.5 Å². The molecule has 1 aromatic heterocycles. The Balaban J connectivity index is 1.76. The molecule has 35 heavy (non-hydrogen) atoms. The second kappa shape index (κ2) is 13.4. The van der Waals surface area contributed by atoms with Crippen LogP contribution < -0.4 is 5.32 Å². The molecule has 3 amide bonds. The third kappa shape index (κ3) is 8.45. The summed E-state index contributed by atoms with van der Waals surface area (Å²) in [5.74, 6) is -0.514. The van der Waals surface area contributed by atoms with Gasteiger partial charge in [-0.2, -0.15) is 0 Å². The standard InChI is InChI=1S/C26H29BrFN3O3S/c1-19-12-15-35-24(19)17-31(16-20-4-8-22(28)9-5-20)25(32)18-30(13-3-14-34-2)26(33)29-23-10-6-21(27)7-11-23/h4-12,15H,3,13-14,16-18H2,1-2H3,(H,29,33). The minimum atomic E-state index is -0.356. The van der Waals surface area contributed by atoms with E-state index in [9.17, 15) is 14.0 Å². The number of carbonyl (C=O) groups is 2. The monoisotopic (exact) mass is 561 g/mol. The first-order valence-electron chi connectivity index (χ1n) is 11.2. The smallest absolute Gasteiger partial charge is 0.322 e. The SMILES string of the molecule is COCCCN(CC(=O)N(Cc1ccc(F)cc1)Cc1sccc1C)C(=O)Nc1ccc(Br)cc1. The summed E-state index contributed by atoms with van der Waals surface area (Å²) in [6.45, 7) is 3.50. The maximum absolute atomic E-state index is 13.5. The lowest BCUT2D eigenvalue weighted by molar-refractivity contribution is -0.133. The molecule has 0 bridgehead atoms. The van der Waals surface area contributed by atoms with Crippen molar-refractivity contribution in [3.63, 3.8) is 0 Å². The summed E-state index contributed by atoms with van der Waals surface area (Å²) in [4.78, 5) is 30.9. The molecule has 0 spiro atoms. The highest BCUT2D eigenvalue weighted by atomic mass is 79.9. The molecular formula is C26H29BrFN3O3S. The molecule has 0 aliphatic heterocycles. The second-order valence-corrected chi connectivity index (χ2v) is 10.0. The van der Waals surface area contributed by atoms with Crippen molar-refractivity contribution >= 4 is 44.9 Å². The number of halogens is 2. The number of methoxy groups -OCH3 is 1. The van der Waals surface area contributed by atoms with Crippen molar-refractivity contribution in [3.05, 3.63) is 86.3 Å². The largest absolute Gasteiger partial charge is 0.385 e. The third-order valence-corrected chi connectivity index (χ3v) is 6.96. The minimum absolute atomic E-state index is 0.0856. The Labute approximate surface area is 217 Å². The summed E-state index contributed by atoms with van der Waals surface area (Å²) >= 11 is 4.97. The Morgan fingerprint density at radius 3 is 2.37 bits per heavy atom. The molecular weight excluding hydrogens is 533 g/mol. The third-order valence-electron chi connectivity index (χ3n) is 5.43. The molecule has 2 aromatic carbocycles. The van der Waals surface area contributed by atoms with Crippen LogP contribution in [0.2, 0.25) is 0 Å². The normalized spacial score (nSPS) is 10.7. The van der Waals surface area contributed by atoms with Crippen molar-refractivity contribution in [2.45, 2.75) is 26.4 Å². The zero-order chi connectivity index (χ0) is 25.2. The molecule has 3 rings (SSSR count). The van der Waals surface area contributed by atoms with Crippen LogP contribution in [0.15, 0.2) is 64.5 Å². The average molecular weight is 563 g/mol. The zero-order valence-corrected chi connectivity index (χ0v) is 22.2. The van der Waals surface area contributed by atoms with Gasteiger partial charge in [0.1, 0.15) is 12.4 Å². The van der Waals surface area contributed by atoms with Gasteiger partial charge in [-0.1, -0.05) is 28.1 Å². The first kappa shape index (κ1) is 26.8. The van der Waals surface area contributed by atoms with Crippen molar-refractivity contribution in [1.29, 1.82) is 0 Å². The zero-order valence-electron chi connectivity index (χ0n) is 19.8. The highest BCUT2D eigenvalue weighted by Gasteiger charge is 2.23. The Hall–Kier alpha value is -2.75. The van der Waals surface area contributed by atoms with Crippen LogP contribution in [0.4, 0.5) is 14.9 Å². The van der Waals surface area contributed by atoms with Gasteiger partial charge in [-0.05, 0) is 72.3 Å². The molecule has 1 heterocycles. The Bertz CT molecular complexity index is 1110. The van der Waals surface area contributed by atoms with Crippen LogP contribution in [0.1, 0.15) is 22.4 Å². The lowest BCUT2D eigenvalue weighted by Gasteiger charge is -2.28. The van der Waals surface area contributed by atoms with E-state index in [0.717, 1.165) is 20.5 Å². The number of rotatable bonds is 11. The van der Waals surface area contributed by atoms with Crippen LogP contribution in [0.3, 0.4) is 0 Å². The Kier molecular flexibility index (Phi) is 10.3. The van der Waals surface area contributed by atoms with Crippen molar-refractivity contribution in [2.24, 2.45) is 0 Å². The second-order valence-electron chi connectivity index (χ2n) is 8.11. The fourth-order valence-electron chi connectivity index (χ4n) is 3.43. The Morgan fingerprint density at radius 1 is 1.03 bits per heavy atom. The summed E-state index contributed by atoms with van der Waals surface area (Å²) in [6.07, 6.45) is 0.597. The molecule has 0 saturated carbocycles. The summed E-state index contributed by atoms with van der Waals surface area (Å²) in [5, 5.41) is 4.86. The fourth-order valence-corrected chi connectivity index (χ4v) is 4.62. The number of nitrogens with one attached hydrogen (secondary N) is 1. The van der Waals surface area contributed by atoms with Gasteiger partial charge in [0.25, 0.3) is 0 Å². The number of carbonyl (C=O) groups excluding carboxylic acids is 2. The van der Waals surface area contributed by atoms with Gasteiger partial charge < -0.3 is 19.9 Å². The molecule has 0 radical (unpaired) electrons. The molecule has 0 unspecified atom stereocenters. The van der Waals surface area contributed by atoms with Crippen LogP contribution in [0, 0.1) is 12.7 Å². The predicted octanol–water partition coefficient (Wildman–Crippen LogP) is 6.06. The molecule has 0 saturated heterocycles. The number of aryl methyl sites for hydroxylation is 1. The van der Waals surface area contributed by atoms with Gasteiger partial charge in [-0.25, -0.2) is 9.18 Å². The molecule has 0 fully saturated rings. The number of anilines is 1. The van der Waals surface area contributed by atoms with E-state index in [1.54, 1.807) is 47.6 Å². The van der Waals surface area contributed by atoms with E-state index >= 15 is 0 Å². The van der Waals surface area contributed by atoms with Crippen LogP contribution >= 0.6 is 27.3 Å². The lowest BCUT2D eigenvalue weighted by Crippen LogP contribution is -2.44. The van der Waals surface area contributed by atoms with Crippen molar-refractivity contribution in [2.75, 3.05) is 32.1 Å². The lowest BCUT2D eigenvalue weighted by atomic mass is 10.2. The Morgan fingerprint density at radius 2 is 1.74 bits per heavy atom. The molecule has 1 N–H and O–H groups in total. The van der Waals surface area contributed by atoms with E-state index in [1.807, 2.05) is 30.5 Å². The maximum atomic E-state index is 13.5. The summed E-state index contributed by atoms with van der Waals surface area (Å²) in [7, 11) is 1.60. The molecule has 0 aliphatic rings. The average Bonchev–Trinajstić information content (AvgIpc) is 3.25. The van der Waals surface area contributed by atoms with Gasteiger partial charge in [-0.3, -0.25) is 4.79 Å². The highest BCUT2D eigenvalue weighted by Crippen LogP contribution is 2.20. The molecule has 0 atom stereocenters. The maximum Gasteiger partial charge on any atom is 0.322 e. The highest BCUT2D eigenvalue weighted by molar-refractivity contribution is 9.10. The van der Waals surface area contributed by atoms with Gasteiger partial charge in [0.15, 0.2) is 0 Å². The van der Waals surface area contributed by atoms with Gasteiger partial charge >= 0.3 is 6.03 Å². The molecule has 3 aromatic rings. The van der Waals surface area contributed by atoms with E-state index in [-0.39, 0.29) is 24.3 Å². The molecule has 186 valence electrons. The quantitative estimate of drug-likeness (QED) is 0.289. The number of thiophene rings is 1. The van der Waals surface area contributed by atoms with E-state index < -0.39 is 0 Å². The van der Waals surface area contributed by atoms with Crippen molar-refractivity contribution in [1.82, 2.24) is 9.80 Å². The summed E-state index contributed by atoms with van der Waals surface area (Å²) in [6, 6.07) is 15.0. The van der Waals surface area contributed by atoms with E-state index in [1.165, 1.54) is 17.0 Å². The minimum Gasteiger partial charge on any atom is -0.385 e. The molecule has 0 aliphatic carbocycles. The first-order valence-corrected chi connectivity index (χ1v) is 12.9. The van der Waals surface area contributed by atoms with Gasteiger partial charge in [0.2, 0.25) is 5.91 Å². The van der Waals surface area contributed by atoms with Crippen LogP contribution in [0.25, 0.3) is 0 Å². The molecule has 9 heteroatoms. The first-order chi connectivity index (χ1) is 16.9. The number of ether oxygens (including phenoxy) is 1. The number of urea groups is 1. The number of amides is 3. The van der Waals surface area contributed by atoms with E-state index in [0.29, 0.717) is 38.3 Å². The topological polar surface area (TPSA) is 61.9 Å². The number of hydrogen-bond acceptors (Lipinski definition) is 4. The summed E-state index contributed by atoms with van der Waals surface area (Å²) in [5.41, 5.74) is 2.57. The van der Waals surface area contributed by atoms with Crippen molar-refractivity contribution < 1.29 is 18.7 Å². The van der Waals surface area contributed by atoms with Crippen LogP contribution in [-0.2, 0) is 22.6 Å². The van der Waals surface area contributed by atoms with Crippen LogP contribution in [0.5, 0.6) is 0 Å². The van der Waals surface area contributed by atoms with Gasteiger partial charge in [0.05, 0.1) is 6.54 Å².